The second-order valence-electron chi connectivity index (χ2n) is 7.86. The van der Waals surface area contributed by atoms with E-state index in [0.717, 1.165) is 0 Å². The lowest BCUT2D eigenvalue weighted by molar-refractivity contribution is -0.696. The number of H-pyrrole nitrogens is 1. The lowest BCUT2D eigenvalue weighted by atomic mass is 10.0. The molecule has 0 aliphatic rings. The van der Waals surface area contributed by atoms with Gasteiger partial charge in [0.2, 0.25) is 6.33 Å². The smallest absolute Gasteiger partial charge is 0.241 e. The molecule has 0 fully saturated rings. The van der Waals surface area contributed by atoms with Crippen LogP contribution in [0.2, 0.25) is 0 Å². The van der Waals surface area contributed by atoms with Crippen LogP contribution in [0.25, 0.3) is 5.41 Å². The molecule has 5 nitrogen and oxygen atoms in total. The molecule has 1 aromatic heterocycles. The van der Waals surface area contributed by atoms with E-state index in [9.17, 15) is 0 Å². The molecule has 1 heterocycles. The van der Waals surface area contributed by atoms with Gasteiger partial charge >= 0.3 is 0 Å². The van der Waals surface area contributed by atoms with Gasteiger partial charge in [-0.2, -0.15) is 10.5 Å². The highest BCUT2D eigenvalue weighted by molar-refractivity contribution is 5.71. The summed E-state index contributed by atoms with van der Waals surface area (Å²) >= 11 is 0. The summed E-state index contributed by atoms with van der Waals surface area (Å²) in [6.07, 6.45) is 29.2. The summed E-state index contributed by atoms with van der Waals surface area (Å²) in [6.45, 7) is 3.46. The van der Waals surface area contributed by atoms with Crippen LogP contribution in [0.5, 0.6) is 0 Å². The van der Waals surface area contributed by atoms with Crippen molar-refractivity contribution in [3.8, 4) is 12.1 Å². The third kappa shape index (κ3) is 19.0. The zero-order chi connectivity index (χ0) is 22.1. The van der Waals surface area contributed by atoms with E-state index in [-0.39, 0.29) is 0 Å². The average molecular weight is 412 g/mol. The van der Waals surface area contributed by atoms with Gasteiger partial charge in [0.25, 0.3) is 0 Å². The van der Waals surface area contributed by atoms with Crippen LogP contribution >= 0.6 is 0 Å². The molecule has 0 saturated carbocycles. The van der Waals surface area contributed by atoms with E-state index < -0.39 is 5.57 Å². The first-order valence-corrected chi connectivity index (χ1v) is 11.9. The summed E-state index contributed by atoms with van der Waals surface area (Å²) in [4.78, 5) is 3.10. The van der Waals surface area contributed by atoms with Crippen LogP contribution in [0.3, 0.4) is 0 Å². The average Bonchev–Trinajstić information content (AvgIpc) is 3.29. The summed E-state index contributed by atoms with van der Waals surface area (Å²) in [5.41, 5.74) is -0.403. The Morgan fingerprint density at radius 3 is 1.50 bits per heavy atom. The maximum Gasteiger partial charge on any atom is 0.241 e. The summed E-state index contributed by atoms with van der Waals surface area (Å²) < 4.78 is 2.24. The first kappa shape index (κ1) is 27.6. The number of aryl methyl sites for hydroxylation is 1. The molecule has 1 aromatic rings. The van der Waals surface area contributed by atoms with Gasteiger partial charge in [-0.3, -0.25) is 4.98 Å². The second kappa shape index (κ2) is 22.9. The zero-order valence-corrected chi connectivity index (χ0v) is 19.0. The number of nitriles is 2. The molecule has 0 spiro atoms. The SMILES string of the molecule is CCCCCCCCCCCCCCCCCC[n+]1cc[nH]c1.N#CC(=C=[N-])C#N. The van der Waals surface area contributed by atoms with Gasteiger partial charge in [0.05, 0.1) is 6.54 Å². The standard InChI is InChI=1S/C21H40N2.C4N3/c1-2-3-4-5-6-7-8-9-10-11-12-13-14-15-16-17-19-23-20-18-22-21-23;5-1-4(2-6)3-7/h18,20-21H,2-17,19H2,1H3;/q;-1/p+1. The van der Waals surface area contributed by atoms with Gasteiger partial charge in [0.15, 0.2) is 0 Å². The zero-order valence-electron chi connectivity index (χ0n) is 19.0. The molecule has 0 bridgehead atoms. The van der Waals surface area contributed by atoms with Crippen LogP contribution < -0.4 is 4.57 Å². The molecule has 1 rings (SSSR count). The van der Waals surface area contributed by atoms with Gasteiger partial charge in [-0.05, 0) is 12.8 Å². The molecule has 166 valence electrons. The maximum atomic E-state index is 7.79. The minimum Gasteiger partial charge on any atom is -0.762 e. The van der Waals surface area contributed by atoms with E-state index in [1.165, 1.54) is 127 Å². The largest absolute Gasteiger partial charge is 0.762 e. The molecule has 0 radical (unpaired) electrons. The second-order valence-corrected chi connectivity index (χ2v) is 7.86. The highest BCUT2D eigenvalue weighted by Crippen LogP contribution is 2.13. The third-order valence-electron chi connectivity index (χ3n) is 5.21. The Labute approximate surface area is 184 Å². The van der Waals surface area contributed by atoms with Crippen molar-refractivity contribution in [3.63, 3.8) is 0 Å². The molecule has 0 aliphatic heterocycles. The van der Waals surface area contributed by atoms with Crippen molar-refractivity contribution in [1.29, 1.82) is 10.5 Å². The fourth-order valence-electron chi connectivity index (χ4n) is 3.38. The highest BCUT2D eigenvalue weighted by Gasteiger charge is 1.97. The first-order chi connectivity index (χ1) is 14.8. The van der Waals surface area contributed by atoms with Gasteiger partial charge in [-0.15, -0.1) is 0 Å². The van der Waals surface area contributed by atoms with Crippen molar-refractivity contribution in [3.05, 3.63) is 29.7 Å². The molecule has 0 unspecified atom stereocenters. The van der Waals surface area contributed by atoms with E-state index in [1.54, 1.807) is 0 Å². The van der Waals surface area contributed by atoms with E-state index in [1.807, 2.05) is 12.5 Å². The topological polar surface area (TPSA) is 89.5 Å². The van der Waals surface area contributed by atoms with Gasteiger partial charge in [0.1, 0.15) is 30.1 Å². The number of aromatic nitrogens is 2. The molecule has 30 heavy (non-hydrogen) atoms. The molecule has 1 N–H and O–H groups in total. The summed E-state index contributed by atoms with van der Waals surface area (Å²) in [7, 11) is 0. The van der Waals surface area contributed by atoms with Gasteiger partial charge < -0.3 is 5.41 Å². The number of hydrogen-bond acceptors (Lipinski definition) is 2. The normalized spacial score (nSPS) is 9.70. The lowest BCUT2D eigenvalue weighted by Crippen LogP contribution is -2.30. The Hall–Kier alpha value is -2.36. The number of allylic oxidation sites excluding steroid dienone is 1. The third-order valence-corrected chi connectivity index (χ3v) is 5.21. The summed E-state index contributed by atoms with van der Waals surface area (Å²) in [5, 5.41) is 23.4. The van der Waals surface area contributed by atoms with Crippen LogP contribution in [0, 0.1) is 22.7 Å². The summed E-state index contributed by atoms with van der Waals surface area (Å²) in [5.74, 6) is 1.40. The highest BCUT2D eigenvalue weighted by atomic mass is 15.0. The van der Waals surface area contributed by atoms with Crippen molar-refractivity contribution in [1.82, 2.24) is 4.98 Å². The van der Waals surface area contributed by atoms with E-state index >= 15 is 0 Å². The van der Waals surface area contributed by atoms with Gasteiger partial charge in [-0.1, -0.05) is 96.8 Å². The Kier molecular flexibility index (Phi) is 21.1. The fourth-order valence-corrected chi connectivity index (χ4v) is 3.38. The van der Waals surface area contributed by atoms with Crippen LogP contribution in [0.15, 0.2) is 24.3 Å². The maximum absolute atomic E-state index is 7.79. The van der Waals surface area contributed by atoms with Gasteiger partial charge in [-0.25, -0.2) is 10.4 Å². The van der Waals surface area contributed by atoms with E-state index in [2.05, 4.69) is 22.7 Å². The number of nitrogens with zero attached hydrogens (tertiary/aromatic N) is 4. The number of nitrogens with one attached hydrogen (secondary N) is 1. The van der Waals surface area contributed by atoms with Crippen molar-refractivity contribution >= 4 is 5.87 Å². The van der Waals surface area contributed by atoms with E-state index in [0.29, 0.717) is 0 Å². The monoisotopic (exact) mass is 411 g/mol. The molecular weight excluding hydrogens is 370 g/mol. The Balaban J connectivity index is 0.00000103. The number of rotatable bonds is 17. The molecule has 0 aromatic carbocycles. The number of imidazole rings is 1. The molecule has 0 amide bonds. The molecule has 5 heteroatoms. The lowest BCUT2D eigenvalue weighted by Gasteiger charge is -2.03. The molecule has 0 aliphatic carbocycles. The fraction of sp³-hybridized carbons (Fsp3) is 0.720. The van der Waals surface area contributed by atoms with Crippen LogP contribution in [0.4, 0.5) is 0 Å². The predicted octanol–water partition coefficient (Wildman–Crippen LogP) is 6.76. The Bertz CT molecular complexity index is 599. The molecule has 0 saturated heterocycles. The first-order valence-electron chi connectivity index (χ1n) is 11.9. The van der Waals surface area contributed by atoms with E-state index in [4.69, 9.17) is 15.9 Å². The predicted molar refractivity (Wildman–Crippen MR) is 124 cm³/mol. The number of aromatic amines is 1. The van der Waals surface area contributed by atoms with Crippen LogP contribution in [0.1, 0.15) is 110 Å². The van der Waals surface area contributed by atoms with Crippen molar-refractivity contribution in [2.75, 3.05) is 0 Å². The Morgan fingerprint density at radius 2 is 1.20 bits per heavy atom. The minimum absolute atomic E-state index is 0.403. The summed E-state index contributed by atoms with van der Waals surface area (Å²) in [6, 6.07) is 2.79. The van der Waals surface area contributed by atoms with Gasteiger partial charge in [0, 0.05) is 0 Å². The number of unbranched alkanes of at least 4 members (excludes halogenated alkanes) is 15. The molecular formula is C25H41N5. The Morgan fingerprint density at radius 1 is 0.767 bits per heavy atom. The number of hydrogen-bond donors (Lipinski definition) is 1. The van der Waals surface area contributed by atoms with Crippen molar-refractivity contribution in [2.24, 2.45) is 0 Å². The van der Waals surface area contributed by atoms with Crippen LogP contribution in [-0.4, -0.2) is 10.9 Å². The van der Waals surface area contributed by atoms with Crippen molar-refractivity contribution in [2.45, 2.75) is 116 Å². The minimum atomic E-state index is -0.403. The quantitative estimate of drug-likeness (QED) is 0.133. The van der Waals surface area contributed by atoms with Crippen LogP contribution in [-0.2, 0) is 6.54 Å². The molecule has 0 atom stereocenters. The van der Waals surface area contributed by atoms with Crippen molar-refractivity contribution < 1.29 is 4.57 Å².